The Morgan fingerprint density at radius 3 is 2.76 bits per heavy atom. The number of thiocarbonyl (C=S) groups is 1. The third-order valence-electron chi connectivity index (χ3n) is 1.88. The van der Waals surface area contributed by atoms with E-state index in [0.29, 0.717) is 10.6 Å². The molecule has 0 spiro atoms. The van der Waals surface area contributed by atoms with Crippen LogP contribution in [0.5, 0.6) is 0 Å². The van der Waals surface area contributed by atoms with E-state index in [1.54, 1.807) is 12.1 Å². The van der Waals surface area contributed by atoms with Gasteiger partial charge in [0.1, 0.15) is 15.7 Å². The maximum Gasteiger partial charge on any atom is 0.274 e. The quantitative estimate of drug-likeness (QED) is 0.798. The number of pyridine rings is 1. The molecule has 0 atom stereocenters. The first-order valence-corrected chi connectivity index (χ1v) is 5.69. The molecule has 6 nitrogen and oxygen atoms in total. The van der Waals surface area contributed by atoms with Gasteiger partial charge in [-0.25, -0.2) is 0 Å². The van der Waals surface area contributed by atoms with E-state index in [0.717, 1.165) is 11.5 Å². The van der Waals surface area contributed by atoms with Gasteiger partial charge < -0.3 is 11.1 Å². The van der Waals surface area contributed by atoms with Crippen molar-refractivity contribution in [1.29, 1.82) is 0 Å². The fraction of sp³-hybridized carbons (Fsp3) is 0. The molecule has 2 heterocycles. The molecule has 0 unspecified atom stereocenters. The number of amides is 1. The largest absolute Gasteiger partial charge is 0.389 e. The van der Waals surface area contributed by atoms with Crippen molar-refractivity contribution in [1.82, 2.24) is 14.6 Å². The van der Waals surface area contributed by atoms with E-state index in [1.807, 2.05) is 0 Å². The molecule has 17 heavy (non-hydrogen) atoms. The summed E-state index contributed by atoms with van der Waals surface area (Å²) in [4.78, 5) is 15.9. The summed E-state index contributed by atoms with van der Waals surface area (Å²) in [7, 11) is 0. The molecule has 0 aromatic carbocycles. The summed E-state index contributed by atoms with van der Waals surface area (Å²) < 4.78 is 3.63. The zero-order valence-corrected chi connectivity index (χ0v) is 10.1. The highest BCUT2D eigenvalue weighted by molar-refractivity contribution is 7.80. The Morgan fingerprint density at radius 2 is 2.24 bits per heavy atom. The first-order valence-electron chi connectivity index (χ1n) is 4.51. The molecule has 2 aromatic heterocycles. The fourth-order valence-corrected chi connectivity index (χ4v) is 1.61. The second-order valence-electron chi connectivity index (χ2n) is 3.03. The van der Waals surface area contributed by atoms with Crippen molar-refractivity contribution >= 4 is 39.6 Å². The zero-order chi connectivity index (χ0) is 12.3. The van der Waals surface area contributed by atoms with Crippen molar-refractivity contribution in [2.45, 2.75) is 0 Å². The van der Waals surface area contributed by atoms with Gasteiger partial charge in [-0.05, 0) is 12.1 Å². The fourth-order valence-electron chi connectivity index (χ4n) is 1.07. The third kappa shape index (κ3) is 2.80. The second-order valence-corrected chi connectivity index (χ2v) is 4.26. The molecule has 0 fully saturated rings. The highest BCUT2D eigenvalue weighted by Crippen LogP contribution is 2.10. The molecule has 0 radical (unpaired) electrons. The minimum atomic E-state index is -0.328. The number of hydrogen-bond donors (Lipinski definition) is 2. The Labute approximate surface area is 106 Å². The van der Waals surface area contributed by atoms with Gasteiger partial charge in [0.05, 0.1) is 6.20 Å². The Kier molecular flexibility index (Phi) is 3.35. The molecule has 1 amide bonds. The molecule has 2 aromatic rings. The highest BCUT2D eigenvalue weighted by atomic mass is 32.1. The lowest BCUT2D eigenvalue weighted by Crippen LogP contribution is -2.14. The Morgan fingerprint density at radius 1 is 1.41 bits per heavy atom. The van der Waals surface area contributed by atoms with Gasteiger partial charge in [-0.1, -0.05) is 16.7 Å². The second kappa shape index (κ2) is 4.93. The lowest BCUT2D eigenvalue weighted by atomic mass is 10.2. The van der Waals surface area contributed by atoms with Crippen molar-refractivity contribution < 1.29 is 4.79 Å². The van der Waals surface area contributed by atoms with Gasteiger partial charge >= 0.3 is 0 Å². The molecule has 2 rings (SSSR count). The van der Waals surface area contributed by atoms with Gasteiger partial charge in [0.15, 0.2) is 0 Å². The normalized spacial score (nSPS) is 9.88. The van der Waals surface area contributed by atoms with Crippen LogP contribution in [-0.4, -0.2) is 25.5 Å². The maximum absolute atomic E-state index is 11.7. The van der Waals surface area contributed by atoms with E-state index < -0.39 is 0 Å². The predicted molar refractivity (Wildman–Crippen MR) is 68.0 cm³/mol. The molecular weight excluding hydrogens is 258 g/mol. The van der Waals surface area contributed by atoms with Gasteiger partial charge in [-0.3, -0.25) is 9.78 Å². The Bertz CT molecular complexity index is 537. The molecule has 3 N–H and O–H groups in total. The van der Waals surface area contributed by atoms with Gasteiger partial charge in [-0.15, -0.1) is 5.10 Å². The molecule has 0 aliphatic carbocycles. The number of carbonyl (C=O) groups excluding carboxylic acids is 1. The Hall–Kier alpha value is -1.93. The van der Waals surface area contributed by atoms with Crippen molar-refractivity contribution in [2.24, 2.45) is 5.73 Å². The number of rotatable bonds is 3. The summed E-state index contributed by atoms with van der Waals surface area (Å²) in [6.45, 7) is 0. The minimum absolute atomic E-state index is 0.246. The molecule has 0 saturated heterocycles. The molecule has 0 bridgehead atoms. The van der Waals surface area contributed by atoms with Crippen LogP contribution < -0.4 is 11.1 Å². The van der Waals surface area contributed by atoms with E-state index in [4.69, 9.17) is 18.0 Å². The van der Waals surface area contributed by atoms with Gasteiger partial charge in [0, 0.05) is 23.3 Å². The Balaban J connectivity index is 2.12. The summed E-state index contributed by atoms with van der Waals surface area (Å²) in [5.41, 5.74) is 6.32. The maximum atomic E-state index is 11.7. The SMILES string of the molecule is NC(=S)c1ccc(C(=O)Nc2cnns2)nc1. The first kappa shape index (κ1) is 11.6. The summed E-state index contributed by atoms with van der Waals surface area (Å²) >= 11 is 5.88. The van der Waals surface area contributed by atoms with Crippen LogP contribution in [0.15, 0.2) is 24.5 Å². The number of anilines is 1. The van der Waals surface area contributed by atoms with E-state index in [9.17, 15) is 4.79 Å². The smallest absolute Gasteiger partial charge is 0.274 e. The van der Waals surface area contributed by atoms with E-state index in [-0.39, 0.29) is 16.6 Å². The molecule has 8 heteroatoms. The topological polar surface area (TPSA) is 93.8 Å². The van der Waals surface area contributed by atoms with Gasteiger partial charge in [0.25, 0.3) is 5.91 Å². The van der Waals surface area contributed by atoms with Gasteiger partial charge in [0.2, 0.25) is 0 Å². The molecule has 0 aliphatic rings. The summed E-state index contributed by atoms with van der Waals surface area (Å²) in [5, 5.41) is 6.79. The number of nitrogens with one attached hydrogen (secondary N) is 1. The summed E-state index contributed by atoms with van der Waals surface area (Å²) in [5.74, 6) is -0.328. The molecular formula is C9H7N5OS2. The summed E-state index contributed by atoms with van der Waals surface area (Å²) in [6.07, 6.45) is 2.92. The number of aromatic nitrogens is 3. The summed E-state index contributed by atoms with van der Waals surface area (Å²) in [6, 6.07) is 3.20. The highest BCUT2D eigenvalue weighted by Gasteiger charge is 2.09. The lowest BCUT2D eigenvalue weighted by molar-refractivity contribution is 0.102. The van der Waals surface area contributed by atoms with E-state index in [1.165, 1.54) is 12.4 Å². The van der Waals surface area contributed by atoms with Crippen molar-refractivity contribution in [2.75, 3.05) is 5.32 Å². The zero-order valence-electron chi connectivity index (χ0n) is 8.45. The molecule has 86 valence electrons. The van der Waals surface area contributed by atoms with Crippen molar-refractivity contribution in [3.05, 3.63) is 35.8 Å². The van der Waals surface area contributed by atoms with Crippen molar-refractivity contribution in [3.8, 4) is 0 Å². The van der Waals surface area contributed by atoms with Crippen molar-refractivity contribution in [3.63, 3.8) is 0 Å². The van der Waals surface area contributed by atoms with Crippen LogP contribution >= 0.6 is 23.8 Å². The van der Waals surface area contributed by atoms with E-state index >= 15 is 0 Å². The molecule has 0 aliphatic heterocycles. The van der Waals surface area contributed by atoms with Crippen LogP contribution in [0.4, 0.5) is 5.00 Å². The first-order chi connectivity index (χ1) is 8.16. The number of nitrogens with zero attached hydrogens (tertiary/aromatic N) is 3. The standard InChI is InChI=1S/C9H7N5OS2/c10-8(16)5-1-2-6(11-3-5)9(15)13-7-4-12-14-17-7/h1-4H,(H2,10,16)(H,13,15). The third-order valence-corrected chi connectivity index (χ3v) is 2.69. The van der Waals surface area contributed by atoms with Crippen LogP contribution in [-0.2, 0) is 0 Å². The number of nitrogens with two attached hydrogens (primary N) is 1. The van der Waals surface area contributed by atoms with Crippen LogP contribution in [0.2, 0.25) is 0 Å². The minimum Gasteiger partial charge on any atom is -0.389 e. The average molecular weight is 265 g/mol. The lowest BCUT2D eigenvalue weighted by Gasteiger charge is -2.01. The average Bonchev–Trinajstić information content (AvgIpc) is 2.82. The van der Waals surface area contributed by atoms with Crippen LogP contribution in [0, 0.1) is 0 Å². The van der Waals surface area contributed by atoms with Crippen LogP contribution in [0.3, 0.4) is 0 Å². The number of hydrogen-bond acceptors (Lipinski definition) is 6. The van der Waals surface area contributed by atoms with Crippen LogP contribution in [0.25, 0.3) is 0 Å². The monoisotopic (exact) mass is 265 g/mol. The predicted octanol–water partition coefficient (Wildman–Crippen LogP) is 0.820. The van der Waals surface area contributed by atoms with E-state index in [2.05, 4.69) is 19.9 Å². The molecule has 0 saturated carbocycles. The van der Waals surface area contributed by atoms with Gasteiger partial charge in [-0.2, -0.15) is 0 Å². The van der Waals surface area contributed by atoms with Crippen LogP contribution in [0.1, 0.15) is 16.1 Å². The number of carbonyl (C=O) groups is 1.